The van der Waals surface area contributed by atoms with E-state index in [1.807, 2.05) is 6.92 Å². The van der Waals surface area contributed by atoms with Crippen LogP contribution in [0.3, 0.4) is 0 Å². The number of esters is 1. The monoisotopic (exact) mass is 392 g/mol. The van der Waals surface area contributed by atoms with Gasteiger partial charge in [-0.2, -0.15) is 0 Å². The second-order valence-electron chi connectivity index (χ2n) is 7.13. The second-order valence-corrected chi connectivity index (χ2v) is 7.13. The summed E-state index contributed by atoms with van der Waals surface area (Å²) in [5.41, 5.74) is 0. The molecule has 1 N–H and O–H groups in total. The van der Waals surface area contributed by atoms with Crippen molar-refractivity contribution in [3.05, 3.63) is 36.5 Å². The molecule has 0 amide bonds. The molecule has 0 fully saturated rings. The lowest BCUT2D eigenvalue weighted by atomic mass is 10.1. The minimum Gasteiger partial charge on any atom is -0.481 e. The van der Waals surface area contributed by atoms with Crippen LogP contribution in [-0.2, 0) is 14.3 Å². The summed E-state index contributed by atoms with van der Waals surface area (Å²) in [4.78, 5) is 22.6. The highest BCUT2D eigenvalue weighted by Gasteiger charge is 2.16. The average Bonchev–Trinajstić information content (AvgIpc) is 2.64. The summed E-state index contributed by atoms with van der Waals surface area (Å²) in [7, 11) is 0. The van der Waals surface area contributed by atoms with Gasteiger partial charge in [-0.15, -0.1) is 0 Å². The molecule has 0 bridgehead atoms. The number of carboxylic acid groups (broad SMARTS) is 1. The molecule has 0 radical (unpaired) electrons. The van der Waals surface area contributed by atoms with Crippen molar-refractivity contribution in [1.82, 2.24) is 0 Å². The van der Waals surface area contributed by atoms with Gasteiger partial charge >= 0.3 is 11.9 Å². The number of hydrogen-bond donors (Lipinski definition) is 1. The number of carbonyl (C=O) groups excluding carboxylic acids is 1. The van der Waals surface area contributed by atoms with Crippen LogP contribution in [0.15, 0.2) is 36.5 Å². The highest BCUT2D eigenvalue weighted by atomic mass is 16.5. The minimum atomic E-state index is -0.923. The zero-order valence-corrected chi connectivity index (χ0v) is 17.9. The van der Waals surface area contributed by atoms with Crippen LogP contribution in [0.2, 0.25) is 0 Å². The number of ether oxygens (including phenoxy) is 1. The third-order valence-corrected chi connectivity index (χ3v) is 4.33. The zero-order valence-electron chi connectivity index (χ0n) is 17.9. The normalized spacial score (nSPS) is 12.9. The van der Waals surface area contributed by atoms with Crippen LogP contribution in [0.25, 0.3) is 0 Å². The van der Waals surface area contributed by atoms with Gasteiger partial charge in [-0.1, -0.05) is 69.6 Å². The summed E-state index contributed by atoms with van der Waals surface area (Å²) >= 11 is 0. The standard InChI is InChI=1S/C24H40O4/c1-3-5-6-7-8-9-10-11-12-13-14-15-16-17-18-20-24(27)28-22(19-4-2)21-23(25)26/h8-9,11-12,14-15,22H,3-7,10,13,16-21H2,1-2H3,(H,25,26)/b9-8-,12-11-,15-14-. The quantitative estimate of drug-likeness (QED) is 0.159. The van der Waals surface area contributed by atoms with E-state index in [0.717, 1.165) is 38.5 Å². The predicted octanol–water partition coefficient (Wildman–Crippen LogP) is 6.76. The molecule has 0 saturated heterocycles. The van der Waals surface area contributed by atoms with E-state index < -0.39 is 12.1 Å². The molecule has 4 heteroatoms. The number of carbonyl (C=O) groups is 2. The van der Waals surface area contributed by atoms with Crippen molar-refractivity contribution in [1.29, 1.82) is 0 Å². The molecule has 0 spiro atoms. The Hall–Kier alpha value is -1.84. The minimum absolute atomic E-state index is 0.107. The molecule has 0 heterocycles. The lowest BCUT2D eigenvalue weighted by molar-refractivity contribution is -0.153. The van der Waals surface area contributed by atoms with E-state index in [1.54, 1.807) is 0 Å². The van der Waals surface area contributed by atoms with E-state index in [4.69, 9.17) is 9.84 Å². The van der Waals surface area contributed by atoms with E-state index in [0.29, 0.717) is 12.8 Å². The summed E-state index contributed by atoms with van der Waals surface area (Å²) in [6.45, 7) is 4.18. The Labute approximate surface area is 171 Å². The molecule has 4 nitrogen and oxygen atoms in total. The average molecular weight is 393 g/mol. The van der Waals surface area contributed by atoms with Gasteiger partial charge in [0.05, 0.1) is 6.42 Å². The number of hydrogen-bond acceptors (Lipinski definition) is 3. The Balaban J connectivity index is 3.66. The lowest BCUT2D eigenvalue weighted by Crippen LogP contribution is -2.21. The molecule has 160 valence electrons. The van der Waals surface area contributed by atoms with Crippen LogP contribution in [0.1, 0.15) is 97.3 Å². The van der Waals surface area contributed by atoms with Gasteiger partial charge in [0, 0.05) is 6.42 Å². The molecule has 1 atom stereocenters. The van der Waals surface area contributed by atoms with Gasteiger partial charge in [0.25, 0.3) is 0 Å². The van der Waals surface area contributed by atoms with Gasteiger partial charge in [-0.25, -0.2) is 0 Å². The topological polar surface area (TPSA) is 63.6 Å². The fourth-order valence-corrected chi connectivity index (χ4v) is 2.79. The van der Waals surface area contributed by atoms with Crippen molar-refractivity contribution >= 4 is 11.9 Å². The summed E-state index contributed by atoms with van der Waals surface area (Å²) < 4.78 is 5.27. The number of carboxylic acids is 1. The number of rotatable bonds is 18. The summed E-state index contributed by atoms with van der Waals surface area (Å²) in [6.07, 6.45) is 24.0. The first kappa shape index (κ1) is 26.2. The third-order valence-electron chi connectivity index (χ3n) is 4.33. The van der Waals surface area contributed by atoms with Crippen molar-refractivity contribution in [2.75, 3.05) is 0 Å². The molecule has 0 aliphatic heterocycles. The Morgan fingerprint density at radius 2 is 1.39 bits per heavy atom. The number of aliphatic carboxylic acids is 1. The molecule has 0 aliphatic rings. The summed E-state index contributed by atoms with van der Waals surface area (Å²) in [5, 5.41) is 8.83. The SMILES string of the molecule is CCCCC/C=C\C/C=C\C/C=C\CCCCC(=O)OC(CCC)CC(=O)O. The predicted molar refractivity (Wildman–Crippen MR) is 116 cm³/mol. The van der Waals surface area contributed by atoms with E-state index in [1.165, 1.54) is 25.7 Å². The van der Waals surface area contributed by atoms with E-state index in [9.17, 15) is 9.59 Å². The van der Waals surface area contributed by atoms with Crippen LogP contribution in [-0.4, -0.2) is 23.1 Å². The highest BCUT2D eigenvalue weighted by Crippen LogP contribution is 2.10. The second kappa shape index (κ2) is 19.9. The van der Waals surface area contributed by atoms with Gasteiger partial charge in [0.1, 0.15) is 6.10 Å². The van der Waals surface area contributed by atoms with Crippen molar-refractivity contribution in [2.24, 2.45) is 0 Å². The number of allylic oxidation sites excluding steroid dienone is 6. The number of unbranched alkanes of at least 4 members (excludes halogenated alkanes) is 5. The smallest absolute Gasteiger partial charge is 0.307 e. The molecule has 0 aliphatic carbocycles. The van der Waals surface area contributed by atoms with E-state index in [-0.39, 0.29) is 12.4 Å². The largest absolute Gasteiger partial charge is 0.481 e. The van der Waals surface area contributed by atoms with E-state index in [2.05, 4.69) is 43.4 Å². The Morgan fingerprint density at radius 3 is 1.93 bits per heavy atom. The maximum Gasteiger partial charge on any atom is 0.307 e. The molecule has 0 aromatic rings. The van der Waals surface area contributed by atoms with Crippen LogP contribution in [0.4, 0.5) is 0 Å². The fraction of sp³-hybridized carbons (Fsp3) is 0.667. The molecule has 0 aromatic heterocycles. The van der Waals surface area contributed by atoms with Crippen molar-refractivity contribution in [3.8, 4) is 0 Å². The lowest BCUT2D eigenvalue weighted by Gasteiger charge is -2.15. The van der Waals surface area contributed by atoms with Crippen LogP contribution in [0.5, 0.6) is 0 Å². The summed E-state index contributed by atoms with van der Waals surface area (Å²) in [6, 6.07) is 0. The Morgan fingerprint density at radius 1 is 0.821 bits per heavy atom. The van der Waals surface area contributed by atoms with Gasteiger partial charge in [-0.05, 0) is 51.4 Å². The molecular formula is C24H40O4. The van der Waals surface area contributed by atoms with Gasteiger partial charge in [0.2, 0.25) is 0 Å². The molecular weight excluding hydrogens is 352 g/mol. The van der Waals surface area contributed by atoms with E-state index >= 15 is 0 Å². The Kier molecular flexibility index (Phi) is 18.6. The van der Waals surface area contributed by atoms with Gasteiger partial charge in [-0.3, -0.25) is 9.59 Å². The summed E-state index contributed by atoms with van der Waals surface area (Å²) in [5.74, 6) is -1.21. The van der Waals surface area contributed by atoms with Gasteiger partial charge < -0.3 is 9.84 Å². The first-order valence-corrected chi connectivity index (χ1v) is 11.0. The third kappa shape index (κ3) is 18.9. The molecule has 1 unspecified atom stereocenters. The first-order chi connectivity index (χ1) is 13.6. The van der Waals surface area contributed by atoms with Gasteiger partial charge in [0.15, 0.2) is 0 Å². The molecule has 0 aromatic carbocycles. The van der Waals surface area contributed by atoms with Crippen LogP contribution >= 0.6 is 0 Å². The maximum absolute atomic E-state index is 11.8. The van der Waals surface area contributed by atoms with Crippen molar-refractivity contribution in [2.45, 2.75) is 103 Å². The van der Waals surface area contributed by atoms with Crippen LogP contribution in [0, 0.1) is 0 Å². The Bertz CT molecular complexity index is 477. The zero-order chi connectivity index (χ0) is 20.9. The molecule has 28 heavy (non-hydrogen) atoms. The first-order valence-electron chi connectivity index (χ1n) is 11.0. The highest BCUT2D eigenvalue weighted by molar-refractivity contribution is 5.71. The van der Waals surface area contributed by atoms with Crippen molar-refractivity contribution in [3.63, 3.8) is 0 Å². The molecule has 0 rings (SSSR count). The maximum atomic E-state index is 11.8. The fourth-order valence-electron chi connectivity index (χ4n) is 2.79. The van der Waals surface area contributed by atoms with Crippen molar-refractivity contribution < 1.29 is 19.4 Å². The molecule has 0 saturated carbocycles. The van der Waals surface area contributed by atoms with Crippen LogP contribution < -0.4 is 0 Å².